The minimum Gasteiger partial charge on any atom is -0.388 e. The van der Waals surface area contributed by atoms with Gasteiger partial charge in [-0.3, -0.25) is 4.40 Å². The van der Waals surface area contributed by atoms with Crippen LogP contribution in [0.4, 0.5) is 0 Å². The lowest BCUT2D eigenvalue weighted by Crippen LogP contribution is -2.15. The first-order valence-electron chi connectivity index (χ1n) is 6.47. The van der Waals surface area contributed by atoms with E-state index in [1.54, 1.807) is 0 Å². The van der Waals surface area contributed by atoms with E-state index in [2.05, 4.69) is 12.1 Å². The summed E-state index contributed by atoms with van der Waals surface area (Å²) in [5, 5.41) is 0. The number of rotatable bonds is 3. The highest BCUT2D eigenvalue weighted by Crippen LogP contribution is 2.18. The number of aryl methyl sites for hydroxylation is 1. The molecule has 0 amide bonds. The maximum atomic E-state index is 5.90. The molecule has 1 aromatic carbocycles. The second-order valence-electron chi connectivity index (χ2n) is 4.82. The van der Waals surface area contributed by atoms with Crippen LogP contribution < -0.4 is 5.73 Å². The molecule has 0 fully saturated rings. The number of hydrogen-bond donors (Lipinski definition) is 1. The van der Waals surface area contributed by atoms with Gasteiger partial charge in [0.15, 0.2) is 0 Å². The highest BCUT2D eigenvalue weighted by Gasteiger charge is 2.15. The second kappa shape index (κ2) is 5.06. The topological polar surface area (TPSA) is 43.3 Å². The van der Waals surface area contributed by atoms with Gasteiger partial charge in [-0.05, 0) is 24.1 Å². The lowest BCUT2D eigenvalue weighted by Gasteiger charge is -2.03. The molecule has 3 rings (SSSR count). The third kappa shape index (κ3) is 2.18. The molecule has 0 aliphatic rings. The fourth-order valence-electron chi connectivity index (χ4n) is 2.42. The first kappa shape index (κ1) is 12.8. The molecule has 100 valence electrons. The molecule has 2 aromatic heterocycles. The molecular formula is C16H15N3S. The maximum absolute atomic E-state index is 5.90. The highest BCUT2D eigenvalue weighted by atomic mass is 32.1. The number of fused-ring (bicyclic) bond motifs is 1. The van der Waals surface area contributed by atoms with Gasteiger partial charge in [0.2, 0.25) is 0 Å². The number of pyridine rings is 1. The fourth-order valence-corrected chi connectivity index (χ4v) is 2.64. The van der Waals surface area contributed by atoms with Crippen molar-refractivity contribution in [1.29, 1.82) is 0 Å². The Morgan fingerprint density at radius 2 is 1.95 bits per heavy atom. The molecule has 0 bridgehead atoms. The largest absolute Gasteiger partial charge is 0.388 e. The van der Waals surface area contributed by atoms with Crippen LogP contribution in [0.25, 0.3) is 5.65 Å². The Morgan fingerprint density at radius 1 is 1.20 bits per heavy atom. The van der Waals surface area contributed by atoms with Crippen LogP contribution in [0.1, 0.15) is 22.5 Å². The molecule has 3 nitrogen and oxygen atoms in total. The monoisotopic (exact) mass is 281 g/mol. The molecule has 0 aliphatic carbocycles. The van der Waals surface area contributed by atoms with Crippen LogP contribution in [-0.2, 0) is 6.42 Å². The van der Waals surface area contributed by atoms with Crippen molar-refractivity contribution in [2.24, 2.45) is 5.73 Å². The van der Waals surface area contributed by atoms with Crippen LogP contribution in [-0.4, -0.2) is 14.4 Å². The molecule has 2 heterocycles. The van der Waals surface area contributed by atoms with Gasteiger partial charge in [0.1, 0.15) is 16.3 Å². The highest BCUT2D eigenvalue weighted by molar-refractivity contribution is 7.80. The van der Waals surface area contributed by atoms with Gasteiger partial charge in [0.05, 0.1) is 5.69 Å². The summed E-state index contributed by atoms with van der Waals surface area (Å²) in [6.07, 6.45) is 2.69. The maximum Gasteiger partial charge on any atom is 0.140 e. The Hall–Kier alpha value is -2.20. The summed E-state index contributed by atoms with van der Waals surface area (Å²) in [6.45, 7) is 2.04. The first-order valence-corrected chi connectivity index (χ1v) is 6.88. The summed E-state index contributed by atoms with van der Waals surface area (Å²) >= 11 is 5.21. The lowest BCUT2D eigenvalue weighted by molar-refractivity contribution is 1.10. The molecule has 0 radical (unpaired) electrons. The van der Waals surface area contributed by atoms with E-state index in [9.17, 15) is 0 Å². The van der Waals surface area contributed by atoms with Crippen molar-refractivity contribution in [2.45, 2.75) is 13.3 Å². The SMILES string of the molecule is Cc1cccn2c(C(N)=S)c(Cc3ccccc3)nc12. The van der Waals surface area contributed by atoms with Gasteiger partial charge in [-0.2, -0.15) is 0 Å². The molecule has 3 aromatic rings. The zero-order valence-electron chi connectivity index (χ0n) is 11.2. The third-order valence-corrected chi connectivity index (χ3v) is 3.56. The standard InChI is InChI=1S/C16H15N3S/c1-11-6-5-9-19-14(15(17)20)13(18-16(11)19)10-12-7-3-2-4-8-12/h2-9H,10H2,1H3,(H2,17,20). The fraction of sp³-hybridized carbons (Fsp3) is 0.125. The van der Waals surface area contributed by atoms with Gasteiger partial charge in [0.25, 0.3) is 0 Å². The van der Waals surface area contributed by atoms with Crippen molar-refractivity contribution in [3.63, 3.8) is 0 Å². The molecule has 0 saturated heterocycles. The molecule has 4 heteroatoms. The van der Waals surface area contributed by atoms with E-state index in [0.717, 1.165) is 29.0 Å². The molecule has 0 aliphatic heterocycles. The number of imidazole rings is 1. The number of benzene rings is 1. The Bertz CT molecular complexity index is 775. The molecule has 2 N–H and O–H groups in total. The van der Waals surface area contributed by atoms with Gasteiger partial charge in [-0.25, -0.2) is 4.98 Å². The number of thiocarbonyl (C=S) groups is 1. The minimum atomic E-state index is 0.383. The van der Waals surface area contributed by atoms with Crippen molar-refractivity contribution >= 4 is 22.9 Å². The average Bonchev–Trinajstić information content (AvgIpc) is 2.79. The first-order chi connectivity index (χ1) is 9.66. The zero-order valence-corrected chi connectivity index (χ0v) is 12.0. The Kier molecular flexibility index (Phi) is 3.24. The predicted octanol–water partition coefficient (Wildman–Crippen LogP) is 2.87. The van der Waals surface area contributed by atoms with Gasteiger partial charge < -0.3 is 5.73 Å². The molecule has 0 spiro atoms. The summed E-state index contributed by atoms with van der Waals surface area (Å²) in [5.74, 6) is 0. The van der Waals surface area contributed by atoms with E-state index < -0.39 is 0 Å². The van der Waals surface area contributed by atoms with E-state index in [-0.39, 0.29) is 0 Å². The van der Waals surface area contributed by atoms with Crippen LogP contribution in [0.3, 0.4) is 0 Å². The summed E-state index contributed by atoms with van der Waals surface area (Å²) in [5.41, 5.74) is 10.9. The van der Waals surface area contributed by atoms with E-state index in [1.807, 2.05) is 47.9 Å². The van der Waals surface area contributed by atoms with Crippen molar-refractivity contribution in [2.75, 3.05) is 0 Å². The molecule has 20 heavy (non-hydrogen) atoms. The minimum absolute atomic E-state index is 0.383. The summed E-state index contributed by atoms with van der Waals surface area (Å²) in [6, 6.07) is 14.2. The average molecular weight is 281 g/mol. The van der Waals surface area contributed by atoms with Crippen molar-refractivity contribution in [1.82, 2.24) is 9.38 Å². The summed E-state index contributed by atoms with van der Waals surface area (Å²) in [7, 11) is 0. The van der Waals surface area contributed by atoms with Crippen LogP contribution in [0.5, 0.6) is 0 Å². The Balaban J connectivity index is 2.17. The summed E-state index contributed by atoms with van der Waals surface area (Å²) in [4.78, 5) is 5.11. The molecule has 0 unspecified atom stereocenters. The molecular weight excluding hydrogens is 266 g/mol. The number of aromatic nitrogens is 2. The van der Waals surface area contributed by atoms with Gasteiger partial charge in [0, 0.05) is 12.6 Å². The molecule has 0 saturated carbocycles. The van der Waals surface area contributed by atoms with Gasteiger partial charge in [-0.1, -0.05) is 48.6 Å². The predicted molar refractivity (Wildman–Crippen MR) is 85.1 cm³/mol. The Morgan fingerprint density at radius 3 is 2.65 bits per heavy atom. The van der Waals surface area contributed by atoms with Crippen molar-refractivity contribution in [3.8, 4) is 0 Å². The van der Waals surface area contributed by atoms with E-state index in [0.29, 0.717) is 4.99 Å². The smallest absolute Gasteiger partial charge is 0.140 e. The van der Waals surface area contributed by atoms with E-state index >= 15 is 0 Å². The lowest BCUT2D eigenvalue weighted by atomic mass is 10.1. The number of hydrogen-bond acceptors (Lipinski definition) is 2. The molecule has 0 atom stereocenters. The van der Waals surface area contributed by atoms with Gasteiger partial charge in [-0.15, -0.1) is 0 Å². The van der Waals surface area contributed by atoms with E-state index in [1.165, 1.54) is 5.56 Å². The van der Waals surface area contributed by atoms with Crippen molar-refractivity contribution < 1.29 is 0 Å². The summed E-state index contributed by atoms with van der Waals surface area (Å²) < 4.78 is 1.98. The van der Waals surface area contributed by atoms with E-state index in [4.69, 9.17) is 22.9 Å². The normalized spacial score (nSPS) is 10.8. The Labute approximate surface area is 123 Å². The van der Waals surface area contributed by atoms with Gasteiger partial charge >= 0.3 is 0 Å². The van der Waals surface area contributed by atoms with Crippen LogP contribution in [0, 0.1) is 6.92 Å². The zero-order chi connectivity index (χ0) is 14.1. The third-order valence-electron chi connectivity index (χ3n) is 3.37. The van der Waals surface area contributed by atoms with Crippen molar-refractivity contribution in [3.05, 3.63) is 71.2 Å². The van der Waals surface area contributed by atoms with Crippen LogP contribution >= 0.6 is 12.2 Å². The number of nitrogens with zero attached hydrogens (tertiary/aromatic N) is 2. The van der Waals surface area contributed by atoms with Crippen LogP contribution in [0.2, 0.25) is 0 Å². The second-order valence-corrected chi connectivity index (χ2v) is 5.26. The van der Waals surface area contributed by atoms with Crippen LogP contribution in [0.15, 0.2) is 48.7 Å². The number of nitrogens with two attached hydrogens (primary N) is 1. The quantitative estimate of drug-likeness (QED) is 0.751.